The highest BCUT2D eigenvalue weighted by Crippen LogP contribution is 2.52. The van der Waals surface area contributed by atoms with E-state index < -0.39 is 5.60 Å². The Kier molecular flexibility index (Phi) is 4.06. The van der Waals surface area contributed by atoms with Crippen molar-refractivity contribution < 1.29 is 4.74 Å². The van der Waals surface area contributed by atoms with E-state index in [-0.39, 0.29) is 0 Å². The summed E-state index contributed by atoms with van der Waals surface area (Å²) in [5.41, 5.74) is 4.91. The summed E-state index contributed by atoms with van der Waals surface area (Å²) in [5.74, 6) is 0. The van der Waals surface area contributed by atoms with Crippen LogP contribution in [0.15, 0.2) is 54.7 Å². The van der Waals surface area contributed by atoms with Gasteiger partial charge in [0.25, 0.3) is 0 Å². The Morgan fingerprint density at radius 3 is 2.44 bits per heavy atom. The summed E-state index contributed by atoms with van der Waals surface area (Å²) in [6.07, 6.45) is 4.49. The fourth-order valence-corrected chi connectivity index (χ4v) is 4.60. The summed E-state index contributed by atoms with van der Waals surface area (Å²) in [7, 11) is 0. The van der Waals surface area contributed by atoms with Crippen LogP contribution in [0.1, 0.15) is 36.6 Å². The zero-order valence-corrected chi connectivity index (χ0v) is 15.6. The first-order valence-electron chi connectivity index (χ1n) is 9.80. The molecule has 1 fully saturated rings. The number of ether oxygens (including phenoxy) is 1. The molecule has 0 spiro atoms. The van der Waals surface area contributed by atoms with Crippen molar-refractivity contribution in [3.63, 3.8) is 0 Å². The van der Waals surface area contributed by atoms with E-state index in [1.807, 2.05) is 11.6 Å². The highest BCUT2D eigenvalue weighted by Gasteiger charge is 2.47. The predicted molar refractivity (Wildman–Crippen MR) is 104 cm³/mol. The van der Waals surface area contributed by atoms with Gasteiger partial charge >= 0.3 is 0 Å². The molecule has 1 aromatic heterocycles. The van der Waals surface area contributed by atoms with Crippen molar-refractivity contribution in [3.8, 4) is 11.1 Å². The Bertz CT molecular complexity index is 913. The van der Waals surface area contributed by atoms with Gasteiger partial charge in [-0.25, -0.2) is 0 Å². The molecular weight excluding hydrogens is 336 g/mol. The van der Waals surface area contributed by atoms with Gasteiger partial charge in [-0.1, -0.05) is 53.7 Å². The summed E-state index contributed by atoms with van der Waals surface area (Å²) in [4.78, 5) is 0. The van der Waals surface area contributed by atoms with E-state index in [1.165, 1.54) is 24.0 Å². The number of nitrogens with one attached hydrogen (secondary N) is 1. The fourth-order valence-electron chi connectivity index (χ4n) is 4.60. The molecule has 1 atom stereocenters. The van der Waals surface area contributed by atoms with Gasteiger partial charge in [-0.15, -0.1) is 5.10 Å². The third kappa shape index (κ3) is 2.53. The van der Waals surface area contributed by atoms with Crippen molar-refractivity contribution in [1.82, 2.24) is 20.3 Å². The van der Waals surface area contributed by atoms with Crippen LogP contribution in [0.5, 0.6) is 0 Å². The van der Waals surface area contributed by atoms with Gasteiger partial charge in [-0.3, -0.25) is 4.68 Å². The maximum Gasteiger partial charge on any atom is 0.165 e. The van der Waals surface area contributed by atoms with E-state index >= 15 is 0 Å². The fraction of sp³-hybridized carbons (Fsp3) is 0.364. The van der Waals surface area contributed by atoms with E-state index in [0.29, 0.717) is 12.6 Å². The molecule has 2 aromatic carbocycles. The van der Waals surface area contributed by atoms with Crippen molar-refractivity contribution in [2.75, 3.05) is 13.2 Å². The topological polar surface area (TPSA) is 52.0 Å². The van der Waals surface area contributed by atoms with E-state index in [0.717, 1.165) is 29.9 Å². The minimum absolute atomic E-state index is 0.478. The lowest BCUT2D eigenvalue weighted by molar-refractivity contribution is 0.0217. The molecule has 2 heterocycles. The van der Waals surface area contributed by atoms with Crippen molar-refractivity contribution in [1.29, 1.82) is 0 Å². The molecule has 1 aliphatic heterocycles. The second kappa shape index (κ2) is 6.59. The summed E-state index contributed by atoms with van der Waals surface area (Å²) in [6.45, 7) is 4.58. The average molecular weight is 360 g/mol. The van der Waals surface area contributed by atoms with Gasteiger partial charge in [0.1, 0.15) is 5.69 Å². The third-order valence-electron chi connectivity index (χ3n) is 5.73. The summed E-state index contributed by atoms with van der Waals surface area (Å²) in [6, 6.07) is 17.4. The highest BCUT2D eigenvalue weighted by atomic mass is 16.5. The highest BCUT2D eigenvalue weighted by molar-refractivity contribution is 5.81. The monoisotopic (exact) mass is 360 g/mol. The number of hydrogen-bond donors (Lipinski definition) is 1. The Hall–Kier alpha value is -2.50. The summed E-state index contributed by atoms with van der Waals surface area (Å²) < 4.78 is 8.44. The zero-order chi connectivity index (χ0) is 18.3. The van der Waals surface area contributed by atoms with E-state index in [9.17, 15) is 0 Å². The molecule has 5 nitrogen and oxygen atoms in total. The maximum atomic E-state index is 6.48. The molecule has 138 valence electrons. The molecule has 0 radical (unpaired) electrons. The Labute approximate surface area is 159 Å². The summed E-state index contributed by atoms with van der Waals surface area (Å²) >= 11 is 0. The van der Waals surface area contributed by atoms with Crippen LogP contribution in [0.3, 0.4) is 0 Å². The van der Waals surface area contributed by atoms with E-state index in [4.69, 9.17) is 4.74 Å². The van der Waals surface area contributed by atoms with E-state index in [2.05, 4.69) is 70.4 Å². The normalized spacial score (nSPS) is 19.8. The lowest BCUT2D eigenvalue weighted by Gasteiger charge is -2.29. The molecular formula is C22H24N4O. The second-order valence-corrected chi connectivity index (χ2v) is 7.32. The van der Waals surface area contributed by atoms with Crippen LogP contribution in [0.4, 0.5) is 0 Å². The van der Waals surface area contributed by atoms with Crippen molar-refractivity contribution in [2.24, 2.45) is 0 Å². The third-order valence-corrected chi connectivity index (χ3v) is 5.73. The predicted octanol–water partition coefficient (Wildman–Crippen LogP) is 3.34. The number of hydrogen-bond acceptors (Lipinski definition) is 4. The Balaban J connectivity index is 1.64. The Morgan fingerprint density at radius 2 is 1.81 bits per heavy atom. The first-order chi connectivity index (χ1) is 13.3. The van der Waals surface area contributed by atoms with Crippen LogP contribution in [0.2, 0.25) is 0 Å². The molecule has 5 heteroatoms. The van der Waals surface area contributed by atoms with Crippen LogP contribution in [0, 0.1) is 0 Å². The number of benzene rings is 2. The maximum absolute atomic E-state index is 6.48. The van der Waals surface area contributed by atoms with Gasteiger partial charge in [0.2, 0.25) is 0 Å². The SMILES string of the molecule is CCOC1(c2cn(C[C@@H]3CCCN3)nn2)c2ccccc2-c2ccccc21. The zero-order valence-electron chi connectivity index (χ0n) is 15.6. The quantitative estimate of drug-likeness (QED) is 0.758. The molecule has 1 N–H and O–H groups in total. The smallest absolute Gasteiger partial charge is 0.165 e. The number of rotatable bonds is 5. The second-order valence-electron chi connectivity index (χ2n) is 7.32. The van der Waals surface area contributed by atoms with Gasteiger partial charge in [0.05, 0.1) is 12.7 Å². The molecule has 0 saturated carbocycles. The van der Waals surface area contributed by atoms with Gasteiger partial charge in [-0.05, 0) is 37.4 Å². The number of fused-ring (bicyclic) bond motifs is 3. The molecule has 1 saturated heterocycles. The van der Waals surface area contributed by atoms with Gasteiger partial charge in [0, 0.05) is 23.8 Å². The largest absolute Gasteiger partial charge is 0.359 e. The molecule has 3 aromatic rings. The molecule has 1 aliphatic carbocycles. The van der Waals surface area contributed by atoms with Crippen molar-refractivity contribution in [2.45, 2.75) is 38.0 Å². The van der Waals surface area contributed by atoms with Gasteiger partial charge in [-0.2, -0.15) is 0 Å². The number of nitrogens with zero attached hydrogens (tertiary/aromatic N) is 3. The standard InChI is InChI=1S/C22H24N4O/c1-2-27-22(21-15-26(25-24-21)14-16-8-7-13-23-16)19-11-5-3-9-17(19)18-10-4-6-12-20(18)22/h3-6,9-12,15-16,23H,2,7-8,13-14H2,1H3/t16-/m0/s1. The van der Waals surface area contributed by atoms with Gasteiger partial charge in [0.15, 0.2) is 5.60 Å². The van der Waals surface area contributed by atoms with Crippen LogP contribution < -0.4 is 5.32 Å². The molecule has 5 rings (SSSR count). The molecule has 0 unspecified atom stereocenters. The van der Waals surface area contributed by atoms with Crippen LogP contribution >= 0.6 is 0 Å². The average Bonchev–Trinajstić information content (AvgIpc) is 3.43. The van der Waals surface area contributed by atoms with Gasteiger partial charge < -0.3 is 10.1 Å². The van der Waals surface area contributed by atoms with Crippen LogP contribution in [-0.2, 0) is 16.9 Å². The minimum atomic E-state index is -0.691. The molecule has 0 bridgehead atoms. The van der Waals surface area contributed by atoms with Crippen molar-refractivity contribution >= 4 is 0 Å². The summed E-state index contributed by atoms with van der Waals surface area (Å²) in [5, 5.41) is 12.6. The minimum Gasteiger partial charge on any atom is -0.359 e. The van der Waals surface area contributed by atoms with E-state index in [1.54, 1.807) is 0 Å². The lowest BCUT2D eigenvalue weighted by Crippen LogP contribution is -2.31. The molecule has 2 aliphatic rings. The lowest BCUT2D eigenvalue weighted by atomic mass is 9.88. The Morgan fingerprint density at radius 1 is 1.11 bits per heavy atom. The number of aromatic nitrogens is 3. The first kappa shape index (κ1) is 16.7. The van der Waals surface area contributed by atoms with Crippen molar-refractivity contribution in [3.05, 3.63) is 71.5 Å². The first-order valence-corrected chi connectivity index (χ1v) is 9.80. The molecule has 27 heavy (non-hydrogen) atoms. The molecule has 0 amide bonds. The van der Waals surface area contributed by atoms with Crippen LogP contribution in [0.25, 0.3) is 11.1 Å². The van der Waals surface area contributed by atoms with Crippen LogP contribution in [-0.4, -0.2) is 34.2 Å².